The Balaban J connectivity index is 1.38. The van der Waals surface area contributed by atoms with Crippen LogP contribution in [0, 0.1) is 17.8 Å². The Kier molecular flexibility index (Phi) is 10.1. The fourth-order valence-electron chi connectivity index (χ4n) is 7.09. The Labute approximate surface area is 277 Å². The molecule has 46 heavy (non-hydrogen) atoms. The number of anilines is 1. The number of sulfonamides is 1. The van der Waals surface area contributed by atoms with Gasteiger partial charge in [0.25, 0.3) is 5.91 Å². The number of hydrogen-bond acceptors (Lipinski definition) is 6. The summed E-state index contributed by atoms with van der Waals surface area (Å²) in [7, 11) is -4.07. The second-order valence-corrected chi connectivity index (χ2v) is 15.5. The Hall–Kier alpha value is -3.33. The SMILES string of the molecule is C[C@@H]1C/C=C/[C@H](O)[C@@H]2CCC2CN2CCCCc3cc(Cl)ccc3COc3ccc(cc32)C(=O)NS(=O)(=O)[C@H]1Cc1ccccc1. The topological polar surface area (TPSA) is 95.9 Å². The molecule has 0 spiro atoms. The molecule has 6 rings (SSSR count). The highest BCUT2D eigenvalue weighted by molar-refractivity contribution is 7.90. The fraction of sp³-hybridized carbons (Fsp3) is 0.432. The maximum Gasteiger partial charge on any atom is 0.264 e. The van der Waals surface area contributed by atoms with Crippen molar-refractivity contribution in [1.29, 1.82) is 0 Å². The van der Waals surface area contributed by atoms with Gasteiger partial charge in [-0.25, -0.2) is 13.1 Å². The maximum absolute atomic E-state index is 13.9. The standard InChI is InChI=1S/C37H43ClN2O5S/c1-25-8-7-12-34(41)32-17-14-29(32)23-40-19-6-5-11-27-21-31(38)16-13-30(27)24-45-35-18-15-28(22-33(35)40)37(42)39-46(43,44)36(25)20-26-9-3-2-4-10-26/h2-4,7,9-10,12-13,15-16,18,21-22,25,29,32,34,36,41H,5-6,8,11,14,17,19-20,23-24H2,1H3,(H,39,42)/b12-7+/t25-,29?,32-,34+,36+/m1/s1. The van der Waals surface area contributed by atoms with Crippen LogP contribution in [0.25, 0.3) is 0 Å². The van der Waals surface area contributed by atoms with Crippen molar-refractivity contribution < 1.29 is 23.1 Å². The van der Waals surface area contributed by atoms with Crippen molar-refractivity contribution in [2.75, 3.05) is 18.0 Å². The molecule has 5 atom stereocenters. The molecular weight excluding hydrogens is 620 g/mol. The fourth-order valence-corrected chi connectivity index (χ4v) is 8.94. The van der Waals surface area contributed by atoms with Gasteiger partial charge in [-0.1, -0.05) is 67.1 Å². The van der Waals surface area contributed by atoms with Crippen LogP contribution in [0.2, 0.25) is 5.02 Å². The molecule has 0 saturated heterocycles. The van der Waals surface area contributed by atoms with Crippen molar-refractivity contribution in [3.63, 3.8) is 0 Å². The Bertz CT molecular complexity index is 1680. The lowest BCUT2D eigenvalue weighted by Crippen LogP contribution is -2.44. The van der Waals surface area contributed by atoms with Gasteiger partial charge < -0.3 is 14.7 Å². The van der Waals surface area contributed by atoms with Crippen molar-refractivity contribution in [2.45, 2.75) is 69.8 Å². The van der Waals surface area contributed by atoms with E-state index in [1.165, 1.54) is 5.56 Å². The summed E-state index contributed by atoms with van der Waals surface area (Å²) in [4.78, 5) is 16.0. The summed E-state index contributed by atoms with van der Waals surface area (Å²) in [6, 6.07) is 20.6. The number of allylic oxidation sites excluding steroid dienone is 1. The van der Waals surface area contributed by atoms with Gasteiger partial charge in [-0.05, 0) is 110 Å². The Morgan fingerprint density at radius 2 is 1.85 bits per heavy atom. The molecule has 0 radical (unpaired) electrons. The highest BCUT2D eigenvalue weighted by Crippen LogP contribution is 2.41. The number of hydrogen-bond donors (Lipinski definition) is 2. The summed E-state index contributed by atoms with van der Waals surface area (Å²) in [5.74, 6) is 0.0802. The first-order valence-electron chi connectivity index (χ1n) is 16.4. The van der Waals surface area contributed by atoms with E-state index in [-0.39, 0.29) is 29.7 Å². The molecule has 1 amide bonds. The number of aliphatic hydroxyl groups is 1. The van der Waals surface area contributed by atoms with E-state index in [1.807, 2.05) is 67.6 Å². The monoisotopic (exact) mass is 662 g/mol. The highest BCUT2D eigenvalue weighted by Gasteiger charge is 2.38. The molecule has 244 valence electrons. The number of nitrogens with one attached hydrogen (secondary N) is 1. The van der Waals surface area contributed by atoms with Crippen molar-refractivity contribution in [1.82, 2.24) is 4.72 Å². The lowest BCUT2D eigenvalue weighted by molar-refractivity contribution is 0.0461. The number of halogens is 1. The molecule has 0 aromatic heterocycles. The predicted octanol–water partition coefficient (Wildman–Crippen LogP) is 6.72. The smallest absolute Gasteiger partial charge is 0.264 e. The predicted molar refractivity (Wildman–Crippen MR) is 183 cm³/mol. The van der Waals surface area contributed by atoms with Gasteiger partial charge in [0.2, 0.25) is 10.0 Å². The molecule has 3 aromatic rings. The number of fused-ring (bicyclic) bond motifs is 3. The number of carbonyl (C=O) groups is 1. The molecule has 7 nitrogen and oxygen atoms in total. The van der Waals surface area contributed by atoms with Gasteiger partial charge in [0.05, 0.1) is 17.0 Å². The van der Waals surface area contributed by atoms with Crippen LogP contribution in [0.4, 0.5) is 5.69 Å². The van der Waals surface area contributed by atoms with Gasteiger partial charge in [-0.2, -0.15) is 0 Å². The van der Waals surface area contributed by atoms with Gasteiger partial charge >= 0.3 is 0 Å². The number of aryl methyl sites for hydroxylation is 1. The van der Waals surface area contributed by atoms with Crippen LogP contribution >= 0.6 is 11.6 Å². The number of benzene rings is 3. The lowest BCUT2D eigenvalue weighted by atomic mass is 9.70. The summed E-state index contributed by atoms with van der Waals surface area (Å²) >= 11 is 6.33. The third-order valence-corrected chi connectivity index (χ3v) is 12.1. The van der Waals surface area contributed by atoms with E-state index >= 15 is 0 Å². The number of carbonyl (C=O) groups excluding carboxylic acids is 1. The molecule has 3 aromatic carbocycles. The zero-order valence-electron chi connectivity index (χ0n) is 26.3. The average molecular weight is 663 g/mol. The number of rotatable bonds is 2. The number of aliphatic hydroxyl groups excluding tert-OH is 1. The van der Waals surface area contributed by atoms with Gasteiger partial charge in [0, 0.05) is 23.7 Å². The third kappa shape index (κ3) is 7.45. The first-order valence-corrected chi connectivity index (χ1v) is 18.3. The molecular formula is C37H43ClN2O5S. The van der Waals surface area contributed by atoms with E-state index in [9.17, 15) is 18.3 Å². The van der Waals surface area contributed by atoms with E-state index in [1.54, 1.807) is 18.2 Å². The molecule has 1 unspecified atom stereocenters. The van der Waals surface area contributed by atoms with Crippen LogP contribution in [0.5, 0.6) is 5.75 Å². The van der Waals surface area contributed by atoms with E-state index in [0.29, 0.717) is 30.3 Å². The molecule has 2 N–H and O–H groups in total. The van der Waals surface area contributed by atoms with Gasteiger partial charge in [0.15, 0.2) is 0 Å². The van der Waals surface area contributed by atoms with Gasteiger partial charge in [-0.15, -0.1) is 0 Å². The first kappa shape index (κ1) is 32.6. The molecule has 1 saturated carbocycles. The van der Waals surface area contributed by atoms with E-state index in [4.69, 9.17) is 16.3 Å². The minimum absolute atomic E-state index is 0.115. The Morgan fingerprint density at radius 3 is 2.63 bits per heavy atom. The average Bonchev–Trinajstić information content (AvgIpc) is 3.04. The molecule has 2 aliphatic heterocycles. The molecule has 2 bridgehead atoms. The second kappa shape index (κ2) is 14.2. The zero-order chi connectivity index (χ0) is 32.3. The summed E-state index contributed by atoms with van der Waals surface area (Å²) < 4.78 is 36.6. The number of amides is 1. The lowest BCUT2D eigenvalue weighted by Gasteiger charge is -2.42. The normalized spacial score (nSPS) is 27.4. The quantitative estimate of drug-likeness (QED) is 0.296. The van der Waals surface area contributed by atoms with Crippen molar-refractivity contribution in [2.24, 2.45) is 17.8 Å². The number of ether oxygens (including phenoxy) is 1. The first-order chi connectivity index (χ1) is 22.2. The van der Waals surface area contributed by atoms with Crippen molar-refractivity contribution >= 4 is 33.2 Å². The summed E-state index contributed by atoms with van der Waals surface area (Å²) in [6.07, 6.45) is 8.59. The minimum atomic E-state index is -4.07. The third-order valence-electron chi connectivity index (χ3n) is 10.00. The van der Waals surface area contributed by atoms with Crippen LogP contribution in [0.15, 0.2) is 78.9 Å². The van der Waals surface area contributed by atoms with Crippen molar-refractivity contribution in [3.8, 4) is 5.75 Å². The molecule has 2 heterocycles. The van der Waals surface area contributed by atoms with Gasteiger partial charge in [-0.3, -0.25) is 4.79 Å². The van der Waals surface area contributed by atoms with Crippen LogP contribution in [-0.4, -0.2) is 43.9 Å². The van der Waals surface area contributed by atoms with E-state index in [2.05, 4.69) is 9.62 Å². The van der Waals surface area contributed by atoms with Gasteiger partial charge in [0.1, 0.15) is 12.4 Å². The summed E-state index contributed by atoms with van der Waals surface area (Å²) in [5, 5.41) is 11.1. The number of nitrogens with zero attached hydrogens (tertiary/aromatic N) is 1. The molecule has 9 heteroatoms. The van der Waals surface area contributed by atoms with Crippen molar-refractivity contribution in [3.05, 3.63) is 106 Å². The molecule has 3 aliphatic rings. The van der Waals surface area contributed by atoms with E-state index in [0.717, 1.165) is 55.5 Å². The maximum atomic E-state index is 13.9. The summed E-state index contributed by atoms with van der Waals surface area (Å²) in [6.45, 7) is 3.69. The highest BCUT2D eigenvalue weighted by atomic mass is 35.5. The minimum Gasteiger partial charge on any atom is -0.487 e. The zero-order valence-corrected chi connectivity index (χ0v) is 27.8. The van der Waals surface area contributed by atoms with Crippen LogP contribution in [0.3, 0.4) is 0 Å². The Morgan fingerprint density at radius 1 is 1.02 bits per heavy atom. The van der Waals surface area contributed by atoms with Crippen LogP contribution in [-0.2, 0) is 29.5 Å². The molecule has 1 fully saturated rings. The van der Waals surface area contributed by atoms with E-state index < -0.39 is 27.3 Å². The van der Waals surface area contributed by atoms with Crippen LogP contribution in [0.1, 0.15) is 66.1 Å². The molecule has 1 aliphatic carbocycles. The second-order valence-electron chi connectivity index (χ2n) is 13.1. The van der Waals surface area contributed by atoms with Crippen LogP contribution < -0.4 is 14.4 Å². The summed E-state index contributed by atoms with van der Waals surface area (Å²) in [5.41, 5.74) is 4.15. The largest absolute Gasteiger partial charge is 0.487 e.